The van der Waals surface area contributed by atoms with Crippen molar-refractivity contribution in [3.05, 3.63) is 0 Å². The number of piperazine rings is 1. The highest BCUT2D eigenvalue weighted by molar-refractivity contribution is 5.78. The van der Waals surface area contributed by atoms with Gasteiger partial charge in [-0.05, 0) is 24.2 Å². The number of nitrogens with one attached hydrogen (secondary N) is 1. The van der Waals surface area contributed by atoms with E-state index in [-0.39, 0.29) is 5.91 Å². The van der Waals surface area contributed by atoms with E-state index in [9.17, 15) is 4.79 Å². The molecule has 0 bridgehead atoms. The summed E-state index contributed by atoms with van der Waals surface area (Å²) in [5, 5.41) is 3.30. The van der Waals surface area contributed by atoms with Crippen molar-refractivity contribution < 1.29 is 4.79 Å². The van der Waals surface area contributed by atoms with E-state index in [1.54, 1.807) is 0 Å². The van der Waals surface area contributed by atoms with Crippen LogP contribution in [-0.2, 0) is 4.79 Å². The third kappa shape index (κ3) is 5.24. The van der Waals surface area contributed by atoms with E-state index in [2.05, 4.69) is 42.8 Å². The third-order valence-corrected chi connectivity index (χ3v) is 5.51. The van der Waals surface area contributed by atoms with Gasteiger partial charge in [0.15, 0.2) is 0 Å². The Labute approximate surface area is 136 Å². The minimum Gasteiger partial charge on any atom is -0.352 e. The molecule has 4 heteroatoms. The maximum absolute atomic E-state index is 12.3. The number of hydrogen-bond acceptors (Lipinski definition) is 3. The predicted octanol–water partition coefficient (Wildman–Crippen LogP) is 2.20. The summed E-state index contributed by atoms with van der Waals surface area (Å²) < 4.78 is 0. The Balaban J connectivity index is 1.69. The van der Waals surface area contributed by atoms with Gasteiger partial charge in [0.25, 0.3) is 0 Å². The SMILES string of the molecule is CC(C)CN1CCN(CC(=O)NC2CCCC(C)C2C)CC1. The lowest BCUT2D eigenvalue weighted by Gasteiger charge is -2.37. The summed E-state index contributed by atoms with van der Waals surface area (Å²) in [6.45, 7) is 15.2. The average molecular weight is 309 g/mol. The number of amides is 1. The molecule has 3 unspecified atom stereocenters. The summed E-state index contributed by atoms with van der Waals surface area (Å²) in [5.41, 5.74) is 0. The zero-order chi connectivity index (χ0) is 16.1. The minimum atomic E-state index is 0.225. The standard InChI is InChI=1S/C18H35N3O/c1-14(2)12-20-8-10-21(11-9-20)13-18(22)19-17-7-5-6-15(3)16(17)4/h14-17H,5-13H2,1-4H3,(H,19,22). The highest BCUT2D eigenvalue weighted by Crippen LogP contribution is 2.29. The first-order chi connectivity index (χ1) is 10.5. The van der Waals surface area contributed by atoms with Crippen LogP contribution in [0.4, 0.5) is 0 Å². The summed E-state index contributed by atoms with van der Waals surface area (Å²) in [7, 11) is 0. The van der Waals surface area contributed by atoms with Crippen LogP contribution in [0.15, 0.2) is 0 Å². The largest absolute Gasteiger partial charge is 0.352 e. The molecule has 2 aliphatic rings. The van der Waals surface area contributed by atoms with Crippen molar-refractivity contribution in [3.63, 3.8) is 0 Å². The minimum absolute atomic E-state index is 0.225. The molecule has 1 saturated carbocycles. The van der Waals surface area contributed by atoms with Crippen LogP contribution in [-0.4, -0.2) is 61.0 Å². The van der Waals surface area contributed by atoms with Gasteiger partial charge >= 0.3 is 0 Å². The normalized spacial score (nSPS) is 31.4. The molecule has 2 fully saturated rings. The first kappa shape index (κ1) is 17.7. The number of carbonyl (C=O) groups is 1. The van der Waals surface area contributed by atoms with E-state index in [0.29, 0.717) is 18.5 Å². The van der Waals surface area contributed by atoms with Gasteiger partial charge in [0.2, 0.25) is 5.91 Å². The fourth-order valence-corrected chi connectivity index (χ4v) is 3.89. The van der Waals surface area contributed by atoms with Crippen molar-refractivity contribution >= 4 is 5.91 Å². The van der Waals surface area contributed by atoms with Crippen LogP contribution in [0.1, 0.15) is 47.0 Å². The molecule has 0 aromatic carbocycles. The van der Waals surface area contributed by atoms with Gasteiger partial charge in [0.1, 0.15) is 0 Å². The monoisotopic (exact) mass is 309 g/mol. The molecule has 1 aliphatic heterocycles. The van der Waals surface area contributed by atoms with Crippen LogP contribution in [0.25, 0.3) is 0 Å². The number of carbonyl (C=O) groups excluding carboxylic acids is 1. The zero-order valence-corrected chi connectivity index (χ0v) is 15.0. The van der Waals surface area contributed by atoms with E-state index in [4.69, 9.17) is 0 Å². The molecule has 0 radical (unpaired) electrons. The topological polar surface area (TPSA) is 35.6 Å². The lowest BCUT2D eigenvalue weighted by molar-refractivity contribution is -0.124. The van der Waals surface area contributed by atoms with Crippen LogP contribution >= 0.6 is 0 Å². The third-order valence-electron chi connectivity index (χ3n) is 5.51. The molecule has 1 heterocycles. The molecule has 2 rings (SSSR count). The second-order valence-corrected chi connectivity index (χ2v) is 7.91. The van der Waals surface area contributed by atoms with E-state index >= 15 is 0 Å². The smallest absolute Gasteiger partial charge is 0.234 e. The van der Waals surface area contributed by atoms with Gasteiger partial charge in [-0.1, -0.05) is 40.5 Å². The summed E-state index contributed by atoms with van der Waals surface area (Å²) >= 11 is 0. The van der Waals surface area contributed by atoms with Crippen LogP contribution in [0.5, 0.6) is 0 Å². The molecule has 0 spiro atoms. The molecule has 128 valence electrons. The van der Waals surface area contributed by atoms with Crippen LogP contribution in [0.3, 0.4) is 0 Å². The first-order valence-electron chi connectivity index (χ1n) is 9.19. The first-order valence-corrected chi connectivity index (χ1v) is 9.19. The van der Waals surface area contributed by atoms with Crippen molar-refractivity contribution in [3.8, 4) is 0 Å². The van der Waals surface area contributed by atoms with Crippen molar-refractivity contribution in [1.82, 2.24) is 15.1 Å². The van der Waals surface area contributed by atoms with Gasteiger partial charge in [-0.25, -0.2) is 0 Å². The lowest BCUT2D eigenvalue weighted by Crippen LogP contribution is -2.52. The molecular formula is C18H35N3O. The highest BCUT2D eigenvalue weighted by atomic mass is 16.2. The molecule has 4 nitrogen and oxygen atoms in total. The molecular weight excluding hydrogens is 274 g/mol. The van der Waals surface area contributed by atoms with Gasteiger partial charge < -0.3 is 10.2 Å². The van der Waals surface area contributed by atoms with Crippen LogP contribution in [0, 0.1) is 17.8 Å². The Morgan fingerprint density at radius 2 is 1.73 bits per heavy atom. The van der Waals surface area contributed by atoms with Crippen molar-refractivity contribution in [2.45, 2.75) is 53.0 Å². The summed E-state index contributed by atoms with van der Waals surface area (Å²) in [6, 6.07) is 0.387. The molecule has 22 heavy (non-hydrogen) atoms. The summed E-state index contributed by atoms with van der Waals surface area (Å²) in [5.74, 6) is 2.30. The second-order valence-electron chi connectivity index (χ2n) is 7.91. The fourth-order valence-electron chi connectivity index (χ4n) is 3.89. The number of nitrogens with zero attached hydrogens (tertiary/aromatic N) is 2. The Kier molecular flexibility index (Phi) is 6.69. The molecule has 1 saturated heterocycles. The lowest BCUT2D eigenvalue weighted by atomic mass is 9.78. The van der Waals surface area contributed by atoms with E-state index in [0.717, 1.165) is 44.4 Å². The van der Waals surface area contributed by atoms with Gasteiger partial charge in [0, 0.05) is 38.8 Å². The molecule has 1 amide bonds. The Bertz CT molecular complexity index is 350. The van der Waals surface area contributed by atoms with Gasteiger partial charge in [-0.15, -0.1) is 0 Å². The van der Waals surface area contributed by atoms with Crippen molar-refractivity contribution in [2.24, 2.45) is 17.8 Å². The van der Waals surface area contributed by atoms with E-state index in [1.807, 2.05) is 0 Å². The van der Waals surface area contributed by atoms with Gasteiger partial charge in [-0.3, -0.25) is 9.69 Å². The number of hydrogen-bond donors (Lipinski definition) is 1. The highest BCUT2D eigenvalue weighted by Gasteiger charge is 2.28. The van der Waals surface area contributed by atoms with Crippen molar-refractivity contribution in [1.29, 1.82) is 0 Å². The van der Waals surface area contributed by atoms with Crippen LogP contribution in [0.2, 0.25) is 0 Å². The van der Waals surface area contributed by atoms with E-state index < -0.39 is 0 Å². The summed E-state index contributed by atoms with van der Waals surface area (Å²) in [4.78, 5) is 17.2. The second kappa shape index (κ2) is 8.30. The Hall–Kier alpha value is -0.610. The number of rotatable bonds is 5. The summed E-state index contributed by atoms with van der Waals surface area (Å²) in [6.07, 6.45) is 3.72. The molecule has 1 aliphatic carbocycles. The van der Waals surface area contributed by atoms with Crippen LogP contribution < -0.4 is 5.32 Å². The molecule has 0 aromatic heterocycles. The fraction of sp³-hybridized carbons (Fsp3) is 0.944. The molecule has 3 atom stereocenters. The Morgan fingerprint density at radius 3 is 2.36 bits per heavy atom. The zero-order valence-electron chi connectivity index (χ0n) is 15.0. The molecule has 1 N–H and O–H groups in total. The predicted molar refractivity (Wildman–Crippen MR) is 91.8 cm³/mol. The van der Waals surface area contributed by atoms with E-state index in [1.165, 1.54) is 19.4 Å². The quantitative estimate of drug-likeness (QED) is 0.846. The van der Waals surface area contributed by atoms with Gasteiger partial charge in [-0.2, -0.15) is 0 Å². The van der Waals surface area contributed by atoms with Crippen molar-refractivity contribution in [2.75, 3.05) is 39.3 Å². The molecule has 0 aromatic rings. The maximum atomic E-state index is 12.3. The Morgan fingerprint density at radius 1 is 1.09 bits per heavy atom. The maximum Gasteiger partial charge on any atom is 0.234 e. The average Bonchev–Trinajstić information content (AvgIpc) is 2.45. The van der Waals surface area contributed by atoms with Gasteiger partial charge in [0.05, 0.1) is 6.54 Å².